The lowest BCUT2D eigenvalue weighted by Crippen LogP contribution is -2.03. The van der Waals surface area contributed by atoms with Crippen LogP contribution in [0.2, 0.25) is 5.15 Å². The zero-order chi connectivity index (χ0) is 14.2. The molecule has 0 bridgehead atoms. The van der Waals surface area contributed by atoms with Gasteiger partial charge in [-0.05, 0) is 50.8 Å². The Bertz CT molecular complexity index is 606. The van der Waals surface area contributed by atoms with Crippen LogP contribution in [-0.4, -0.2) is 15.0 Å². The molecular formula is C13H12Br2ClN3. The number of aryl methyl sites for hydroxylation is 1. The molecule has 3 nitrogen and oxygen atoms in total. The molecule has 0 atom stereocenters. The Morgan fingerprint density at radius 3 is 2.42 bits per heavy atom. The maximum Gasteiger partial charge on any atom is 0.181 e. The van der Waals surface area contributed by atoms with Crippen LogP contribution in [0.3, 0.4) is 0 Å². The molecule has 0 fully saturated rings. The lowest BCUT2D eigenvalue weighted by atomic mass is 10.0. The first-order valence-electron chi connectivity index (χ1n) is 5.75. The highest BCUT2D eigenvalue weighted by Crippen LogP contribution is 2.30. The van der Waals surface area contributed by atoms with E-state index in [0.717, 1.165) is 20.2 Å². The molecule has 0 unspecified atom stereocenters. The van der Waals surface area contributed by atoms with Gasteiger partial charge in [-0.2, -0.15) is 0 Å². The highest BCUT2D eigenvalue weighted by Gasteiger charge is 2.16. The van der Waals surface area contributed by atoms with Gasteiger partial charge in [-0.3, -0.25) is 4.98 Å². The molecule has 0 N–H and O–H groups in total. The summed E-state index contributed by atoms with van der Waals surface area (Å²) in [7, 11) is 0. The Labute approximate surface area is 134 Å². The SMILES string of the molecule is Cc1nc(-c2ncc(Br)cc2Br)nc(Cl)c1C(C)C. The highest BCUT2D eigenvalue weighted by atomic mass is 79.9. The number of aromatic nitrogens is 3. The number of pyridine rings is 1. The van der Waals surface area contributed by atoms with Gasteiger partial charge in [0.05, 0.1) is 0 Å². The summed E-state index contributed by atoms with van der Waals surface area (Å²) >= 11 is 13.1. The molecule has 0 amide bonds. The number of halogens is 3. The second-order valence-electron chi connectivity index (χ2n) is 4.48. The van der Waals surface area contributed by atoms with Gasteiger partial charge in [-0.1, -0.05) is 25.4 Å². The average molecular weight is 406 g/mol. The second-order valence-corrected chi connectivity index (χ2v) is 6.60. The van der Waals surface area contributed by atoms with Crippen LogP contribution in [0.15, 0.2) is 21.2 Å². The minimum Gasteiger partial charge on any atom is -0.251 e. The van der Waals surface area contributed by atoms with Crippen LogP contribution in [0.25, 0.3) is 11.5 Å². The normalized spacial score (nSPS) is 11.1. The van der Waals surface area contributed by atoms with Gasteiger partial charge in [-0.15, -0.1) is 0 Å². The van der Waals surface area contributed by atoms with Crippen molar-refractivity contribution in [3.63, 3.8) is 0 Å². The van der Waals surface area contributed by atoms with E-state index in [0.29, 0.717) is 22.6 Å². The Balaban J connectivity index is 2.58. The van der Waals surface area contributed by atoms with Crippen LogP contribution >= 0.6 is 43.5 Å². The molecule has 0 saturated heterocycles. The van der Waals surface area contributed by atoms with Crippen molar-refractivity contribution in [2.24, 2.45) is 0 Å². The molecule has 2 heterocycles. The minimum absolute atomic E-state index is 0.294. The van der Waals surface area contributed by atoms with E-state index in [1.165, 1.54) is 0 Å². The molecule has 2 rings (SSSR count). The molecule has 6 heteroatoms. The van der Waals surface area contributed by atoms with E-state index in [1.807, 2.05) is 13.0 Å². The smallest absolute Gasteiger partial charge is 0.181 e. The van der Waals surface area contributed by atoms with Crippen LogP contribution in [-0.2, 0) is 0 Å². The van der Waals surface area contributed by atoms with E-state index in [9.17, 15) is 0 Å². The third-order valence-electron chi connectivity index (χ3n) is 2.69. The Morgan fingerprint density at radius 1 is 1.21 bits per heavy atom. The third-order valence-corrected chi connectivity index (χ3v) is 4.01. The topological polar surface area (TPSA) is 38.7 Å². The first kappa shape index (κ1) is 14.9. The van der Waals surface area contributed by atoms with Gasteiger partial charge < -0.3 is 0 Å². The molecule has 0 aliphatic carbocycles. The summed E-state index contributed by atoms with van der Waals surface area (Å²) in [5, 5.41) is 0.495. The van der Waals surface area contributed by atoms with Crippen molar-refractivity contribution in [1.82, 2.24) is 15.0 Å². The van der Waals surface area contributed by atoms with Crippen molar-refractivity contribution in [3.8, 4) is 11.5 Å². The number of hydrogen-bond acceptors (Lipinski definition) is 3. The fraction of sp³-hybridized carbons (Fsp3) is 0.308. The average Bonchev–Trinajstić information content (AvgIpc) is 2.26. The van der Waals surface area contributed by atoms with Crippen molar-refractivity contribution in [2.75, 3.05) is 0 Å². The maximum absolute atomic E-state index is 6.26. The third kappa shape index (κ3) is 3.15. The van der Waals surface area contributed by atoms with Crippen molar-refractivity contribution >= 4 is 43.5 Å². The molecule has 0 saturated carbocycles. The highest BCUT2D eigenvalue weighted by molar-refractivity contribution is 9.11. The van der Waals surface area contributed by atoms with Crippen molar-refractivity contribution < 1.29 is 0 Å². The van der Waals surface area contributed by atoms with Crippen molar-refractivity contribution in [1.29, 1.82) is 0 Å². The molecule has 0 radical (unpaired) electrons. The van der Waals surface area contributed by atoms with E-state index >= 15 is 0 Å². The lowest BCUT2D eigenvalue weighted by Gasteiger charge is -2.12. The van der Waals surface area contributed by atoms with Gasteiger partial charge in [0.15, 0.2) is 5.82 Å². The van der Waals surface area contributed by atoms with Gasteiger partial charge in [0.25, 0.3) is 0 Å². The zero-order valence-electron chi connectivity index (χ0n) is 10.7. The maximum atomic E-state index is 6.26. The Hall–Kier alpha value is -0.520. The summed E-state index contributed by atoms with van der Waals surface area (Å²) in [6.07, 6.45) is 1.71. The number of nitrogens with zero attached hydrogens (tertiary/aromatic N) is 3. The molecule has 100 valence electrons. The van der Waals surface area contributed by atoms with Gasteiger partial charge in [0.1, 0.15) is 10.8 Å². The predicted molar refractivity (Wildman–Crippen MR) is 84.5 cm³/mol. The molecule has 19 heavy (non-hydrogen) atoms. The molecule has 0 aromatic carbocycles. The van der Waals surface area contributed by atoms with Crippen LogP contribution in [0, 0.1) is 6.92 Å². The Morgan fingerprint density at radius 2 is 1.89 bits per heavy atom. The number of hydrogen-bond donors (Lipinski definition) is 0. The van der Waals surface area contributed by atoms with Gasteiger partial charge in [-0.25, -0.2) is 9.97 Å². The van der Waals surface area contributed by atoms with E-state index in [4.69, 9.17) is 11.6 Å². The van der Waals surface area contributed by atoms with E-state index in [-0.39, 0.29) is 0 Å². The van der Waals surface area contributed by atoms with E-state index in [2.05, 4.69) is 60.7 Å². The van der Waals surface area contributed by atoms with E-state index in [1.54, 1.807) is 6.20 Å². The Kier molecular flexibility index (Phi) is 4.58. The van der Waals surface area contributed by atoms with Crippen LogP contribution in [0.4, 0.5) is 0 Å². The molecular weight excluding hydrogens is 393 g/mol. The summed E-state index contributed by atoms with van der Waals surface area (Å²) in [6.45, 7) is 6.09. The summed E-state index contributed by atoms with van der Waals surface area (Å²) in [6, 6.07) is 1.91. The largest absolute Gasteiger partial charge is 0.251 e. The molecule has 2 aromatic heterocycles. The van der Waals surface area contributed by atoms with Gasteiger partial charge in [0, 0.05) is 26.4 Å². The van der Waals surface area contributed by atoms with Crippen molar-refractivity contribution in [2.45, 2.75) is 26.7 Å². The first-order valence-corrected chi connectivity index (χ1v) is 7.72. The molecule has 0 aliphatic heterocycles. The lowest BCUT2D eigenvalue weighted by molar-refractivity contribution is 0.830. The van der Waals surface area contributed by atoms with Crippen molar-refractivity contribution in [3.05, 3.63) is 37.6 Å². The summed E-state index contributed by atoms with van der Waals surface area (Å²) in [5.74, 6) is 0.828. The fourth-order valence-corrected chi connectivity index (χ4v) is 3.49. The zero-order valence-corrected chi connectivity index (χ0v) is 14.6. The van der Waals surface area contributed by atoms with Gasteiger partial charge in [0.2, 0.25) is 0 Å². The van der Waals surface area contributed by atoms with E-state index < -0.39 is 0 Å². The summed E-state index contributed by atoms with van der Waals surface area (Å²) < 4.78 is 1.72. The van der Waals surface area contributed by atoms with Crippen LogP contribution in [0.1, 0.15) is 31.0 Å². The second kappa shape index (κ2) is 5.85. The molecule has 2 aromatic rings. The monoisotopic (exact) mass is 403 g/mol. The number of rotatable bonds is 2. The fourth-order valence-electron chi connectivity index (χ4n) is 1.89. The quantitative estimate of drug-likeness (QED) is 0.649. The summed E-state index contributed by atoms with van der Waals surface area (Å²) in [5.41, 5.74) is 2.56. The standard InChI is InChI=1S/C13H12Br2ClN3/c1-6(2)10-7(3)18-13(19-12(10)16)11-9(15)4-8(14)5-17-11/h4-6H,1-3H3. The van der Waals surface area contributed by atoms with Crippen LogP contribution < -0.4 is 0 Å². The molecule has 0 spiro atoms. The summed E-state index contributed by atoms with van der Waals surface area (Å²) in [4.78, 5) is 13.2. The minimum atomic E-state index is 0.294. The predicted octanol–water partition coefficient (Wildman–Crippen LogP) is 5.15. The van der Waals surface area contributed by atoms with Crippen LogP contribution in [0.5, 0.6) is 0 Å². The van der Waals surface area contributed by atoms with Gasteiger partial charge >= 0.3 is 0 Å². The molecule has 0 aliphatic rings. The first-order chi connectivity index (χ1) is 8.90.